The van der Waals surface area contributed by atoms with Gasteiger partial charge >= 0.3 is 0 Å². The molecule has 0 aliphatic rings. The summed E-state index contributed by atoms with van der Waals surface area (Å²) in [4.78, 5) is 8.15. The van der Waals surface area contributed by atoms with E-state index >= 15 is 0 Å². The van der Waals surface area contributed by atoms with Crippen molar-refractivity contribution in [1.29, 1.82) is 0 Å². The molecule has 0 amide bonds. The number of nitrogens with zero attached hydrogens (tertiary/aromatic N) is 2. The summed E-state index contributed by atoms with van der Waals surface area (Å²) in [5, 5.41) is 12.3. The number of aliphatic hydroxyl groups is 1. The Balaban J connectivity index is 1.65. The monoisotopic (exact) mass is 307 g/mol. The van der Waals surface area contributed by atoms with E-state index in [2.05, 4.69) is 15.3 Å². The Morgan fingerprint density at radius 2 is 1.78 bits per heavy atom. The molecular weight excluding hydrogens is 290 g/mol. The van der Waals surface area contributed by atoms with Gasteiger partial charge in [0, 0.05) is 12.7 Å². The van der Waals surface area contributed by atoms with E-state index in [1.165, 1.54) is 0 Å². The molecule has 2 aromatic carbocycles. The van der Waals surface area contributed by atoms with Crippen LogP contribution in [0.15, 0.2) is 66.9 Å². The lowest BCUT2D eigenvalue weighted by atomic mass is 10.2. The summed E-state index contributed by atoms with van der Waals surface area (Å²) in [6, 6.07) is 19.3. The summed E-state index contributed by atoms with van der Waals surface area (Å²) in [5.74, 6) is 2.67. The number of ether oxygens (including phenoxy) is 1. The predicted octanol–water partition coefficient (Wildman–Crippen LogP) is 3.37. The van der Waals surface area contributed by atoms with Crippen LogP contribution in [-0.2, 0) is 13.2 Å². The number of hydrogen-bond donors (Lipinski definition) is 2. The molecule has 1 aromatic heterocycles. The summed E-state index contributed by atoms with van der Waals surface area (Å²) in [7, 11) is 0. The maximum atomic E-state index is 9.05. The number of hydrogen-bond acceptors (Lipinski definition) is 5. The Kier molecular flexibility index (Phi) is 4.81. The van der Waals surface area contributed by atoms with Crippen molar-refractivity contribution in [2.24, 2.45) is 0 Å². The van der Waals surface area contributed by atoms with Crippen molar-refractivity contribution in [2.75, 3.05) is 5.32 Å². The minimum absolute atomic E-state index is 0.171. The third kappa shape index (κ3) is 4.28. The molecule has 0 fully saturated rings. The van der Waals surface area contributed by atoms with E-state index in [1.54, 1.807) is 12.3 Å². The summed E-state index contributed by atoms with van der Waals surface area (Å²) in [6.45, 7) is 0.434. The highest BCUT2D eigenvalue weighted by Crippen LogP contribution is 2.22. The van der Waals surface area contributed by atoms with Crippen molar-refractivity contribution in [3.8, 4) is 11.5 Å². The van der Waals surface area contributed by atoms with Crippen LogP contribution < -0.4 is 10.1 Å². The number of benzene rings is 2. The zero-order chi connectivity index (χ0) is 15.9. The van der Waals surface area contributed by atoms with E-state index < -0.39 is 0 Å². The van der Waals surface area contributed by atoms with Crippen LogP contribution in [0.2, 0.25) is 0 Å². The minimum Gasteiger partial charge on any atom is -0.457 e. The lowest BCUT2D eigenvalue weighted by Crippen LogP contribution is -2.04. The van der Waals surface area contributed by atoms with Crippen LogP contribution in [0, 0.1) is 0 Å². The molecule has 0 aliphatic carbocycles. The van der Waals surface area contributed by atoms with Gasteiger partial charge in [-0.15, -0.1) is 0 Å². The molecule has 0 unspecified atom stereocenters. The van der Waals surface area contributed by atoms with Gasteiger partial charge in [0.1, 0.15) is 23.9 Å². The normalized spacial score (nSPS) is 10.3. The molecule has 116 valence electrons. The Bertz CT molecular complexity index is 763. The molecule has 3 rings (SSSR count). The van der Waals surface area contributed by atoms with Gasteiger partial charge in [0.25, 0.3) is 0 Å². The third-order valence-electron chi connectivity index (χ3n) is 3.20. The Labute approximate surface area is 134 Å². The number of anilines is 1. The molecule has 1 heterocycles. The molecule has 0 atom stereocenters. The van der Waals surface area contributed by atoms with Gasteiger partial charge in [0.2, 0.25) is 0 Å². The van der Waals surface area contributed by atoms with Crippen LogP contribution >= 0.6 is 0 Å². The lowest BCUT2D eigenvalue weighted by Gasteiger charge is -2.09. The largest absolute Gasteiger partial charge is 0.457 e. The molecule has 0 saturated carbocycles. The quantitative estimate of drug-likeness (QED) is 0.731. The van der Waals surface area contributed by atoms with E-state index in [0.717, 1.165) is 17.1 Å². The van der Waals surface area contributed by atoms with Gasteiger partial charge in [-0.25, -0.2) is 9.97 Å². The molecule has 0 spiro atoms. The number of aliphatic hydroxyl groups excluding tert-OH is 1. The molecule has 5 heteroatoms. The molecule has 0 aliphatic heterocycles. The topological polar surface area (TPSA) is 67.3 Å². The minimum atomic E-state index is -0.171. The Morgan fingerprint density at radius 3 is 2.61 bits per heavy atom. The van der Waals surface area contributed by atoms with Crippen molar-refractivity contribution in [2.45, 2.75) is 13.2 Å². The Morgan fingerprint density at radius 1 is 0.957 bits per heavy atom. The smallest absolute Gasteiger partial charge is 0.156 e. The average Bonchev–Trinajstić information content (AvgIpc) is 2.61. The maximum Gasteiger partial charge on any atom is 0.156 e. The lowest BCUT2D eigenvalue weighted by molar-refractivity contribution is 0.271. The highest BCUT2D eigenvalue weighted by atomic mass is 16.5. The number of aromatic nitrogens is 2. The maximum absolute atomic E-state index is 9.05. The molecule has 5 nitrogen and oxygen atoms in total. The van der Waals surface area contributed by atoms with Gasteiger partial charge in [0.15, 0.2) is 5.82 Å². The van der Waals surface area contributed by atoms with Crippen molar-refractivity contribution >= 4 is 5.82 Å². The molecule has 3 aromatic rings. The van der Waals surface area contributed by atoms with E-state index in [4.69, 9.17) is 9.84 Å². The highest BCUT2D eigenvalue weighted by Gasteiger charge is 2.01. The van der Waals surface area contributed by atoms with Crippen molar-refractivity contribution < 1.29 is 9.84 Å². The van der Waals surface area contributed by atoms with Crippen molar-refractivity contribution in [3.05, 3.63) is 78.2 Å². The first-order chi connectivity index (χ1) is 11.3. The third-order valence-corrected chi connectivity index (χ3v) is 3.20. The summed E-state index contributed by atoms with van der Waals surface area (Å²) >= 11 is 0. The molecule has 0 bridgehead atoms. The van der Waals surface area contributed by atoms with E-state index in [9.17, 15) is 0 Å². The van der Waals surface area contributed by atoms with E-state index in [-0.39, 0.29) is 6.61 Å². The molecule has 0 saturated heterocycles. The van der Waals surface area contributed by atoms with Gasteiger partial charge in [0.05, 0.1) is 0 Å². The van der Waals surface area contributed by atoms with Crippen LogP contribution in [0.4, 0.5) is 5.82 Å². The SMILES string of the molecule is OCc1nccc(NCc2cccc(Oc3ccccc3)c2)n1. The van der Waals surface area contributed by atoms with Crippen molar-refractivity contribution in [3.63, 3.8) is 0 Å². The second-order valence-electron chi connectivity index (χ2n) is 4.93. The first kappa shape index (κ1) is 15.0. The number of nitrogens with one attached hydrogen (secondary N) is 1. The van der Waals surface area contributed by atoms with Gasteiger partial charge < -0.3 is 15.2 Å². The summed E-state index contributed by atoms with van der Waals surface area (Å²) in [5.41, 5.74) is 1.07. The molecule has 0 radical (unpaired) electrons. The van der Waals surface area contributed by atoms with Gasteiger partial charge in [-0.2, -0.15) is 0 Å². The van der Waals surface area contributed by atoms with Crippen molar-refractivity contribution in [1.82, 2.24) is 9.97 Å². The highest BCUT2D eigenvalue weighted by molar-refractivity contribution is 5.38. The van der Waals surface area contributed by atoms with Crippen LogP contribution in [0.1, 0.15) is 11.4 Å². The number of para-hydroxylation sites is 1. The fourth-order valence-corrected chi connectivity index (χ4v) is 2.11. The van der Waals surface area contributed by atoms with Crippen LogP contribution in [0.5, 0.6) is 11.5 Å². The van der Waals surface area contributed by atoms with E-state index in [0.29, 0.717) is 18.2 Å². The standard InChI is InChI=1S/C18H17N3O2/c22-13-18-19-10-9-17(21-18)20-12-14-5-4-8-16(11-14)23-15-6-2-1-3-7-15/h1-11,22H,12-13H2,(H,19,20,21). The first-order valence-corrected chi connectivity index (χ1v) is 7.32. The Hall–Kier alpha value is -2.92. The molecular formula is C18H17N3O2. The second kappa shape index (κ2) is 7.38. The fourth-order valence-electron chi connectivity index (χ4n) is 2.11. The van der Waals surface area contributed by atoms with Gasteiger partial charge in [-0.1, -0.05) is 30.3 Å². The number of rotatable bonds is 6. The average molecular weight is 307 g/mol. The fraction of sp³-hybridized carbons (Fsp3) is 0.111. The van der Waals surface area contributed by atoms with E-state index in [1.807, 2.05) is 54.6 Å². The summed E-state index contributed by atoms with van der Waals surface area (Å²) in [6.07, 6.45) is 1.62. The van der Waals surface area contributed by atoms with Gasteiger partial charge in [-0.05, 0) is 35.9 Å². The zero-order valence-corrected chi connectivity index (χ0v) is 12.5. The first-order valence-electron chi connectivity index (χ1n) is 7.32. The van der Waals surface area contributed by atoms with Crippen LogP contribution in [0.3, 0.4) is 0 Å². The predicted molar refractivity (Wildman–Crippen MR) is 88.2 cm³/mol. The summed E-state index contributed by atoms with van der Waals surface area (Å²) < 4.78 is 5.82. The molecule has 23 heavy (non-hydrogen) atoms. The van der Waals surface area contributed by atoms with Crippen LogP contribution in [-0.4, -0.2) is 15.1 Å². The molecule has 2 N–H and O–H groups in total. The zero-order valence-electron chi connectivity index (χ0n) is 12.5. The van der Waals surface area contributed by atoms with Gasteiger partial charge in [-0.3, -0.25) is 0 Å². The van der Waals surface area contributed by atoms with Crippen LogP contribution in [0.25, 0.3) is 0 Å². The second-order valence-corrected chi connectivity index (χ2v) is 4.93.